The van der Waals surface area contributed by atoms with Crippen molar-refractivity contribution in [2.24, 2.45) is 0 Å². The maximum atomic E-state index is 12.9. The molecule has 3 aromatic rings. The first-order valence-corrected chi connectivity index (χ1v) is 9.23. The Labute approximate surface area is 160 Å². The van der Waals surface area contributed by atoms with Crippen molar-refractivity contribution in [3.8, 4) is 0 Å². The topological polar surface area (TPSA) is 83.8 Å². The van der Waals surface area contributed by atoms with Gasteiger partial charge in [-0.15, -0.1) is 5.10 Å². The van der Waals surface area contributed by atoms with Crippen molar-refractivity contribution < 1.29 is 13.6 Å². The van der Waals surface area contributed by atoms with Crippen LogP contribution >= 0.6 is 11.8 Å². The lowest BCUT2D eigenvalue weighted by Gasteiger charge is -2.10. The number of benzene rings is 1. The summed E-state index contributed by atoms with van der Waals surface area (Å²) >= 11 is 1.25. The Morgan fingerprint density at radius 2 is 2.07 bits per heavy atom. The molecule has 2 aromatic heterocycles. The summed E-state index contributed by atoms with van der Waals surface area (Å²) in [6, 6.07) is 9.77. The predicted octanol–water partition coefficient (Wildman–Crippen LogP) is 3.81. The summed E-state index contributed by atoms with van der Waals surface area (Å²) in [5.41, 5.74) is 0.834. The Balaban J connectivity index is 1.50. The molecule has 1 aromatic carbocycles. The molecule has 1 amide bonds. The van der Waals surface area contributed by atoms with E-state index in [0.29, 0.717) is 17.5 Å². The Hall–Kier alpha value is -2.87. The molecule has 0 aliphatic heterocycles. The van der Waals surface area contributed by atoms with Gasteiger partial charge in [0.25, 0.3) is 0 Å². The third kappa shape index (κ3) is 5.55. The number of aromatic amines is 1. The highest BCUT2D eigenvalue weighted by molar-refractivity contribution is 8.00. The van der Waals surface area contributed by atoms with E-state index in [1.54, 1.807) is 31.2 Å². The van der Waals surface area contributed by atoms with Gasteiger partial charge in [0, 0.05) is 6.54 Å². The number of furan rings is 1. The smallest absolute Gasteiger partial charge is 0.233 e. The van der Waals surface area contributed by atoms with Crippen molar-refractivity contribution in [3.05, 3.63) is 65.1 Å². The molecule has 3 rings (SSSR count). The van der Waals surface area contributed by atoms with E-state index in [0.717, 1.165) is 17.1 Å². The van der Waals surface area contributed by atoms with Gasteiger partial charge >= 0.3 is 0 Å². The molecule has 0 spiro atoms. The summed E-state index contributed by atoms with van der Waals surface area (Å²) in [5.74, 6) is 1.70. The second kappa shape index (κ2) is 8.68. The van der Waals surface area contributed by atoms with Crippen molar-refractivity contribution in [2.45, 2.75) is 30.8 Å². The fourth-order valence-corrected chi connectivity index (χ4v) is 2.99. The van der Waals surface area contributed by atoms with Gasteiger partial charge in [0.05, 0.1) is 5.25 Å². The minimum absolute atomic E-state index is 0.141. The molecule has 2 N–H and O–H groups in total. The van der Waals surface area contributed by atoms with Crippen molar-refractivity contribution in [3.63, 3.8) is 0 Å². The van der Waals surface area contributed by atoms with Crippen LogP contribution in [0.15, 0.2) is 46.0 Å². The van der Waals surface area contributed by atoms with Gasteiger partial charge in [0.1, 0.15) is 23.2 Å². The van der Waals surface area contributed by atoms with Gasteiger partial charge in [-0.3, -0.25) is 9.89 Å². The number of halogens is 1. The van der Waals surface area contributed by atoms with E-state index < -0.39 is 0 Å². The van der Waals surface area contributed by atoms with Crippen molar-refractivity contribution in [1.29, 1.82) is 0 Å². The highest BCUT2D eigenvalue weighted by Gasteiger charge is 2.16. The van der Waals surface area contributed by atoms with Crippen molar-refractivity contribution >= 4 is 29.8 Å². The lowest BCUT2D eigenvalue weighted by Crippen LogP contribution is -2.30. The molecule has 0 fully saturated rings. The Morgan fingerprint density at radius 1 is 1.30 bits per heavy atom. The van der Waals surface area contributed by atoms with Crippen LogP contribution in [0.2, 0.25) is 0 Å². The second-order valence-corrected chi connectivity index (χ2v) is 7.20. The molecule has 1 atom stereocenters. The van der Waals surface area contributed by atoms with Crippen LogP contribution in [0.1, 0.15) is 29.8 Å². The standard InChI is InChI=1S/C19H19FN4O2S/c1-12-3-8-16(26-12)9-10-17-22-19(24-23-17)27-13(2)18(25)21-11-14-4-6-15(20)7-5-14/h3-10,13H,11H2,1-2H3,(H,21,25)(H,22,23,24)/b10-9+. The molecule has 8 heteroatoms. The Morgan fingerprint density at radius 3 is 2.78 bits per heavy atom. The third-order valence-corrected chi connectivity index (χ3v) is 4.64. The van der Waals surface area contributed by atoms with Crippen LogP contribution < -0.4 is 5.32 Å². The number of rotatable bonds is 7. The number of nitrogens with zero attached hydrogens (tertiary/aromatic N) is 2. The van der Waals surface area contributed by atoms with Crippen LogP contribution in [0.3, 0.4) is 0 Å². The van der Waals surface area contributed by atoms with Crippen molar-refractivity contribution in [1.82, 2.24) is 20.5 Å². The molecule has 0 aliphatic carbocycles. The number of amides is 1. The maximum Gasteiger partial charge on any atom is 0.233 e. The number of aryl methyl sites for hydroxylation is 1. The van der Waals surface area contributed by atoms with E-state index in [9.17, 15) is 9.18 Å². The highest BCUT2D eigenvalue weighted by atomic mass is 32.2. The molecular weight excluding hydrogens is 367 g/mol. The zero-order chi connectivity index (χ0) is 19.2. The SMILES string of the molecule is Cc1ccc(/C=C/c2nc(SC(C)C(=O)NCc3ccc(F)cc3)n[nH]2)o1. The second-order valence-electron chi connectivity index (χ2n) is 5.89. The quantitative estimate of drug-likeness (QED) is 0.603. The van der Waals surface area contributed by atoms with E-state index >= 15 is 0 Å². The lowest BCUT2D eigenvalue weighted by atomic mass is 10.2. The molecule has 0 aliphatic rings. The molecule has 27 heavy (non-hydrogen) atoms. The largest absolute Gasteiger partial charge is 0.462 e. The lowest BCUT2D eigenvalue weighted by molar-refractivity contribution is -0.120. The highest BCUT2D eigenvalue weighted by Crippen LogP contribution is 2.20. The van der Waals surface area contributed by atoms with Gasteiger partial charge in [-0.25, -0.2) is 9.37 Å². The minimum Gasteiger partial charge on any atom is -0.462 e. The zero-order valence-electron chi connectivity index (χ0n) is 14.9. The molecule has 1 unspecified atom stereocenters. The van der Waals surface area contributed by atoms with E-state index in [1.807, 2.05) is 19.1 Å². The van der Waals surface area contributed by atoms with Gasteiger partial charge in [-0.1, -0.05) is 23.9 Å². The number of thioether (sulfide) groups is 1. The molecule has 0 bridgehead atoms. The van der Waals surface area contributed by atoms with E-state index in [2.05, 4.69) is 20.5 Å². The predicted molar refractivity (Wildman–Crippen MR) is 102 cm³/mol. The molecule has 2 heterocycles. The van der Waals surface area contributed by atoms with E-state index in [4.69, 9.17) is 4.42 Å². The Kier molecular flexibility index (Phi) is 6.08. The molecule has 0 saturated heterocycles. The molecule has 0 radical (unpaired) electrons. The summed E-state index contributed by atoms with van der Waals surface area (Å²) in [6.07, 6.45) is 3.55. The van der Waals surface area contributed by atoms with Crippen molar-refractivity contribution in [2.75, 3.05) is 0 Å². The molecule has 140 valence electrons. The zero-order valence-corrected chi connectivity index (χ0v) is 15.7. The summed E-state index contributed by atoms with van der Waals surface area (Å²) < 4.78 is 18.3. The first-order valence-electron chi connectivity index (χ1n) is 8.35. The fraction of sp³-hybridized carbons (Fsp3) is 0.211. The summed E-state index contributed by atoms with van der Waals surface area (Å²) in [6.45, 7) is 4.00. The maximum absolute atomic E-state index is 12.9. The van der Waals surface area contributed by atoms with Gasteiger partial charge in [0.2, 0.25) is 11.1 Å². The molecule has 0 saturated carbocycles. The average Bonchev–Trinajstić information content (AvgIpc) is 3.27. The van der Waals surface area contributed by atoms with Crippen LogP contribution in [0.5, 0.6) is 0 Å². The number of aromatic nitrogens is 3. The van der Waals surface area contributed by atoms with Crippen LogP contribution in [0.25, 0.3) is 12.2 Å². The van der Waals surface area contributed by atoms with Gasteiger partial charge < -0.3 is 9.73 Å². The minimum atomic E-state index is -0.370. The van der Waals surface area contributed by atoms with E-state index in [1.165, 1.54) is 23.9 Å². The summed E-state index contributed by atoms with van der Waals surface area (Å²) in [4.78, 5) is 16.5. The first kappa shape index (κ1) is 18.9. The fourth-order valence-electron chi connectivity index (χ4n) is 2.24. The molecular formula is C19H19FN4O2S. The number of hydrogen-bond donors (Lipinski definition) is 2. The third-order valence-electron chi connectivity index (χ3n) is 3.68. The number of carbonyl (C=O) groups is 1. The van der Waals surface area contributed by atoms with Gasteiger partial charge in [-0.05, 0) is 55.8 Å². The van der Waals surface area contributed by atoms with Gasteiger partial charge in [0.15, 0.2) is 0 Å². The average molecular weight is 386 g/mol. The molecule has 6 nitrogen and oxygen atoms in total. The Bertz CT molecular complexity index is 933. The normalized spacial score (nSPS) is 12.4. The van der Waals surface area contributed by atoms with Crippen LogP contribution in [-0.2, 0) is 11.3 Å². The summed E-state index contributed by atoms with van der Waals surface area (Å²) in [7, 11) is 0. The number of hydrogen-bond acceptors (Lipinski definition) is 5. The number of nitrogens with one attached hydrogen (secondary N) is 2. The summed E-state index contributed by atoms with van der Waals surface area (Å²) in [5, 5.41) is 9.85. The van der Waals surface area contributed by atoms with Crippen LogP contribution in [0.4, 0.5) is 4.39 Å². The number of carbonyl (C=O) groups excluding carboxylic acids is 1. The van der Waals surface area contributed by atoms with Gasteiger partial charge in [-0.2, -0.15) is 0 Å². The monoisotopic (exact) mass is 386 g/mol. The van der Waals surface area contributed by atoms with E-state index in [-0.39, 0.29) is 17.0 Å². The number of H-pyrrole nitrogens is 1. The van der Waals surface area contributed by atoms with Crippen LogP contribution in [0, 0.1) is 12.7 Å². The first-order chi connectivity index (χ1) is 13.0. The van der Waals surface area contributed by atoms with Crippen LogP contribution in [-0.4, -0.2) is 26.3 Å².